The molecule has 0 aliphatic rings. The minimum Gasteiger partial charge on any atom is -0.481 e. The standard InChI is InChI=1S/C13H16O3/c1-9-5-3-6-10(2)13(9)11(14)7-4-8-12(15)16/h3,5-6H,4,7-8H2,1-2H3,(H,15,16). The first-order valence-electron chi connectivity index (χ1n) is 5.33. The van der Waals surface area contributed by atoms with Gasteiger partial charge in [-0.3, -0.25) is 9.59 Å². The molecule has 3 nitrogen and oxygen atoms in total. The Kier molecular flexibility index (Phi) is 4.23. The van der Waals surface area contributed by atoms with Crippen LogP contribution in [0.2, 0.25) is 0 Å². The highest BCUT2D eigenvalue weighted by Gasteiger charge is 2.11. The van der Waals surface area contributed by atoms with Gasteiger partial charge in [-0.15, -0.1) is 0 Å². The smallest absolute Gasteiger partial charge is 0.303 e. The second-order valence-corrected chi connectivity index (χ2v) is 3.94. The lowest BCUT2D eigenvalue weighted by atomic mass is 9.96. The van der Waals surface area contributed by atoms with Crippen molar-refractivity contribution in [3.63, 3.8) is 0 Å². The number of benzene rings is 1. The second-order valence-electron chi connectivity index (χ2n) is 3.94. The molecule has 0 aliphatic carbocycles. The number of carbonyl (C=O) groups is 2. The maximum atomic E-state index is 11.9. The van der Waals surface area contributed by atoms with E-state index in [0.717, 1.165) is 16.7 Å². The second kappa shape index (κ2) is 5.45. The Hall–Kier alpha value is -1.64. The van der Waals surface area contributed by atoms with E-state index in [1.807, 2.05) is 32.0 Å². The molecule has 0 radical (unpaired) electrons. The molecule has 16 heavy (non-hydrogen) atoms. The van der Waals surface area contributed by atoms with Gasteiger partial charge in [0.05, 0.1) is 0 Å². The predicted molar refractivity (Wildman–Crippen MR) is 61.7 cm³/mol. The molecule has 0 amide bonds. The van der Waals surface area contributed by atoms with Crippen LogP contribution in [0.5, 0.6) is 0 Å². The Balaban J connectivity index is 2.70. The van der Waals surface area contributed by atoms with Crippen LogP contribution in [0.1, 0.15) is 40.7 Å². The predicted octanol–water partition coefficient (Wildman–Crippen LogP) is 2.74. The summed E-state index contributed by atoms with van der Waals surface area (Å²) in [6.07, 6.45) is 0.761. The van der Waals surface area contributed by atoms with E-state index in [9.17, 15) is 9.59 Å². The summed E-state index contributed by atoms with van der Waals surface area (Å²) >= 11 is 0. The van der Waals surface area contributed by atoms with Gasteiger partial charge < -0.3 is 5.11 Å². The Bertz CT molecular complexity index is 387. The molecule has 0 heterocycles. The fourth-order valence-electron chi connectivity index (χ4n) is 1.78. The lowest BCUT2D eigenvalue weighted by molar-refractivity contribution is -0.137. The van der Waals surface area contributed by atoms with E-state index in [1.54, 1.807) is 0 Å². The molecular weight excluding hydrogens is 204 g/mol. The number of carbonyl (C=O) groups excluding carboxylic acids is 1. The topological polar surface area (TPSA) is 54.4 Å². The first kappa shape index (κ1) is 12.4. The quantitative estimate of drug-likeness (QED) is 0.776. The van der Waals surface area contributed by atoms with Crippen LogP contribution in [-0.2, 0) is 4.79 Å². The Morgan fingerprint density at radius 3 is 2.19 bits per heavy atom. The zero-order valence-corrected chi connectivity index (χ0v) is 9.62. The molecule has 0 fully saturated rings. The summed E-state index contributed by atoms with van der Waals surface area (Å²) in [5.74, 6) is -0.814. The minimum atomic E-state index is -0.852. The summed E-state index contributed by atoms with van der Waals surface area (Å²) in [6, 6.07) is 5.72. The van der Waals surface area contributed by atoms with Crippen molar-refractivity contribution in [2.24, 2.45) is 0 Å². The summed E-state index contributed by atoms with van der Waals surface area (Å²) in [7, 11) is 0. The van der Waals surface area contributed by atoms with Gasteiger partial charge in [0.25, 0.3) is 0 Å². The molecular formula is C13H16O3. The third-order valence-corrected chi connectivity index (χ3v) is 2.55. The zero-order chi connectivity index (χ0) is 12.1. The van der Waals surface area contributed by atoms with Crippen molar-refractivity contribution in [1.29, 1.82) is 0 Å². The monoisotopic (exact) mass is 220 g/mol. The molecule has 1 rings (SSSR count). The van der Waals surface area contributed by atoms with E-state index in [0.29, 0.717) is 12.8 Å². The van der Waals surface area contributed by atoms with E-state index < -0.39 is 5.97 Å². The van der Waals surface area contributed by atoms with Crippen LogP contribution in [0.4, 0.5) is 0 Å². The van der Waals surface area contributed by atoms with Crippen molar-refractivity contribution < 1.29 is 14.7 Å². The Morgan fingerprint density at radius 1 is 1.12 bits per heavy atom. The number of aryl methyl sites for hydroxylation is 2. The average Bonchev–Trinajstić information content (AvgIpc) is 2.16. The van der Waals surface area contributed by atoms with Gasteiger partial charge in [-0.1, -0.05) is 18.2 Å². The van der Waals surface area contributed by atoms with Gasteiger partial charge in [0.15, 0.2) is 5.78 Å². The van der Waals surface area contributed by atoms with Crippen LogP contribution in [0.25, 0.3) is 0 Å². The molecule has 86 valence electrons. The molecule has 3 heteroatoms. The van der Waals surface area contributed by atoms with E-state index in [1.165, 1.54) is 0 Å². The van der Waals surface area contributed by atoms with Crippen LogP contribution >= 0.6 is 0 Å². The van der Waals surface area contributed by atoms with Gasteiger partial charge in [-0.2, -0.15) is 0 Å². The van der Waals surface area contributed by atoms with Gasteiger partial charge >= 0.3 is 5.97 Å². The van der Waals surface area contributed by atoms with Crippen molar-refractivity contribution in [3.8, 4) is 0 Å². The van der Waals surface area contributed by atoms with Crippen molar-refractivity contribution in [2.45, 2.75) is 33.1 Å². The summed E-state index contributed by atoms with van der Waals surface area (Å²) in [6.45, 7) is 3.80. The molecule has 0 saturated heterocycles. The Morgan fingerprint density at radius 2 is 1.69 bits per heavy atom. The summed E-state index contributed by atoms with van der Waals surface area (Å²) < 4.78 is 0. The Labute approximate surface area is 95.1 Å². The molecule has 1 aromatic carbocycles. The van der Waals surface area contributed by atoms with Crippen molar-refractivity contribution in [1.82, 2.24) is 0 Å². The highest BCUT2D eigenvalue weighted by molar-refractivity contribution is 5.98. The van der Waals surface area contributed by atoms with Crippen LogP contribution < -0.4 is 0 Å². The largest absolute Gasteiger partial charge is 0.481 e. The van der Waals surface area contributed by atoms with E-state index in [2.05, 4.69) is 0 Å². The van der Waals surface area contributed by atoms with Crippen molar-refractivity contribution in [3.05, 3.63) is 34.9 Å². The first-order valence-corrected chi connectivity index (χ1v) is 5.33. The molecule has 0 aliphatic heterocycles. The third-order valence-electron chi connectivity index (χ3n) is 2.55. The average molecular weight is 220 g/mol. The van der Waals surface area contributed by atoms with Crippen LogP contribution in [0.3, 0.4) is 0 Å². The number of ketones is 1. The minimum absolute atomic E-state index is 0.0388. The maximum absolute atomic E-state index is 11.9. The van der Waals surface area contributed by atoms with Crippen molar-refractivity contribution in [2.75, 3.05) is 0 Å². The molecule has 0 saturated carbocycles. The highest BCUT2D eigenvalue weighted by atomic mass is 16.4. The number of hydrogen-bond donors (Lipinski definition) is 1. The van der Waals surface area contributed by atoms with Crippen LogP contribution in [0.15, 0.2) is 18.2 Å². The summed E-state index contributed by atoms with van der Waals surface area (Å²) in [4.78, 5) is 22.2. The molecule has 0 aromatic heterocycles. The SMILES string of the molecule is Cc1cccc(C)c1C(=O)CCCC(=O)O. The number of hydrogen-bond acceptors (Lipinski definition) is 2. The third kappa shape index (κ3) is 3.19. The fraction of sp³-hybridized carbons (Fsp3) is 0.385. The zero-order valence-electron chi connectivity index (χ0n) is 9.62. The van der Waals surface area contributed by atoms with E-state index in [-0.39, 0.29) is 12.2 Å². The van der Waals surface area contributed by atoms with Crippen molar-refractivity contribution >= 4 is 11.8 Å². The summed E-state index contributed by atoms with van der Waals surface area (Å²) in [5, 5.41) is 8.49. The van der Waals surface area contributed by atoms with Crippen LogP contribution in [-0.4, -0.2) is 16.9 Å². The number of Topliss-reactive ketones (excluding diaryl/α,β-unsaturated/α-hetero) is 1. The molecule has 0 unspecified atom stereocenters. The normalized spacial score (nSPS) is 10.1. The lowest BCUT2D eigenvalue weighted by Crippen LogP contribution is -2.05. The lowest BCUT2D eigenvalue weighted by Gasteiger charge is -2.07. The molecule has 0 spiro atoms. The fourth-order valence-corrected chi connectivity index (χ4v) is 1.78. The molecule has 1 N–H and O–H groups in total. The van der Waals surface area contributed by atoms with Gasteiger partial charge in [0.1, 0.15) is 0 Å². The number of carboxylic acid groups (broad SMARTS) is 1. The van der Waals surface area contributed by atoms with Gasteiger partial charge in [0.2, 0.25) is 0 Å². The van der Waals surface area contributed by atoms with Gasteiger partial charge in [0, 0.05) is 18.4 Å². The molecule has 0 bridgehead atoms. The van der Waals surface area contributed by atoms with Gasteiger partial charge in [-0.25, -0.2) is 0 Å². The maximum Gasteiger partial charge on any atom is 0.303 e. The highest BCUT2D eigenvalue weighted by Crippen LogP contribution is 2.16. The number of aliphatic carboxylic acids is 1. The molecule has 0 atom stereocenters. The number of rotatable bonds is 5. The van der Waals surface area contributed by atoms with E-state index >= 15 is 0 Å². The van der Waals surface area contributed by atoms with Gasteiger partial charge in [-0.05, 0) is 31.4 Å². The molecule has 1 aromatic rings. The van der Waals surface area contributed by atoms with Crippen LogP contribution in [0, 0.1) is 13.8 Å². The summed E-state index contributed by atoms with van der Waals surface area (Å²) in [5.41, 5.74) is 2.66. The number of carboxylic acids is 1. The first-order chi connectivity index (χ1) is 7.52. The van der Waals surface area contributed by atoms with E-state index in [4.69, 9.17) is 5.11 Å².